The van der Waals surface area contributed by atoms with E-state index in [-0.39, 0.29) is 23.9 Å². The van der Waals surface area contributed by atoms with Gasteiger partial charge in [0.25, 0.3) is 0 Å². The summed E-state index contributed by atoms with van der Waals surface area (Å²) < 4.78 is 4.79. The first-order valence-electron chi connectivity index (χ1n) is 6.52. The standard InChI is InChI=1S/C14H16ClN5O2/c1-2-22-14(21)20-11-7-10(12(16)13(17)19-11)18-9-5-3-8(15)4-6-9/h3-7H,2,16H2,1H3,(H4,17,18,19,20,21). The maximum Gasteiger partial charge on any atom is 0.412 e. The molecule has 2 rings (SSSR count). The Morgan fingerprint density at radius 3 is 2.64 bits per heavy atom. The number of nitrogens with two attached hydrogens (primary N) is 2. The van der Waals surface area contributed by atoms with Crippen LogP contribution in [0.1, 0.15) is 6.92 Å². The predicted molar refractivity (Wildman–Crippen MR) is 88.4 cm³/mol. The normalized spacial score (nSPS) is 10.1. The molecule has 1 aromatic carbocycles. The van der Waals surface area contributed by atoms with Gasteiger partial charge in [0.2, 0.25) is 0 Å². The maximum absolute atomic E-state index is 11.4. The van der Waals surface area contributed by atoms with Crippen molar-refractivity contribution in [2.75, 3.05) is 28.7 Å². The van der Waals surface area contributed by atoms with Crippen LogP contribution in [-0.2, 0) is 4.74 Å². The second-order valence-corrected chi connectivity index (χ2v) is 4.77. The van der Waals surface area contributed by atoms with E-state index in [1.807, 2.05) is 0 Å². The van der Waals surface area contributed by atoms with Crippen molar-refractivity contribution in [1.29, 1.82) is 0 Å². The predicted octanol–water partition coefficient (Wildman–Crippen LogP) is 3.21. The van der Waals surface area contributed by atoms with Crippen LogP contribution in [0.25, 0.3) is 0 Å². The molecular weight excluding hydrogens is 306 g/mol. The highest BCUT2D eigenvalue weighted by molar-refractivity contribution is 6.30. The first kappa shape index (κ1) is 15.7. The molecule has 0 aliphatic heterocycles. The van der Waals surface area contributed by atoms with E-state index in [0.717, 1.165) is 5.69 Å². The van der Waals surface area contributed by atoms with Gasteiger partial charge in [-0.25, -0.2) is 9.78 Å². The summed E-state index contributed by atoms with van der Waals surface area (Å²) in [4.78, 5) is 15.4. The molecule has 116 valence electrons. The topological polar surface area (TPSA) is 115 Å². The molecule has 1 aromatic heterocycles. The SMILES string of the molecule is CCOC(=O)Nc1cc(Nc2ccc(Cl)cc2)c(N)c(N)n1. The zero-order valence-electron chi connectivity index (χ0n) is 11.9. The number of amides is 1. The summed E-state index contributed by atoms with van der Waals surface area (Å²) in [5.41, 5.74) is 13.2. The molecule has 0 spiro atoms. The van der Waals surface area contributed by atoms with Crippen LogP contribution >= 0.6 is 11.6 Å². The van der Waals surface area contributed by atoms with Crippen LogP contribution in [0.4, 0.5) is 33.5 Å². The summed E-state index contributed by atoms with van der Waals surface area (Å²) >= 11 is 5.84. The number of nitrogens with one attached hydrogen (secondary N) is 2. The second kappa shape index (κ2) is 6.86. The van der Waals surface area contributed by atoms with Crippen molar-refractivity contribution in [1.82, 2.24) is 4.98 Å². The molecule has 0 unspecified atom stereocenters. The van der Waals surface area contributed by atoms with Crippen molar-refractivity contribution in [3.8, 4) is 0 Å². The van der Waals surface area contributed by atoms with Crippen molar-refractivity contribution >= 4 is 46.4 Å². The highest BCUT2D eigenvalue weighted by atomic mass is 35.5. The van der Waals surface area contributed by atoms with E-state index >= 15 is 0 Å². The van der Waals surface area contributed by atoms with Crippen LogP contribution in [0, 0.1) is 0 Å². The summed E-state index contributed by atoms with van der Waals surface area (Å²) in [7, 11) is 0. The van der Waals surface area contributed by atoms with Gasteiger partial charge >= 0.3 is 6.09 Å². The molecule has 0 saturated heterocycles. The summed E-state index contributed by atoms with van der Waals surface area (Å²) in [6.07, 6.45) is -0.614. The third-order valence-electron chi connectivity index (χ3n) is 2.72. The molecule has 8 heteroatoms. The number of nitrogens with zero attached hydrogens (tertiary/aromatic N) is 1. The molecule has 0 aliphatic rings. The van der Waals surface area contributed by atoms with E-state index in [1.165, 1.54) is 0 Å². The summed E-state index contributed by atoms with van der Waals surface area (Å²) in [6, 6.07) is 8.62. The van der Waals surface area contributed by atoms with E-state index in [1.54, 1.807) is 37.3 Å². The number of rotatable bonds is 4. The van der Waals surface area contributed by atoms with Gasteiger partial charge in [-0.3, -0.25) is 5.32 Å². The second-order valence-electron chi connectivity index (χ2n) is 4.33. The fourth-order valence-corrected chi connectivity index (χ4v) is 1.83. The van der Waals surface area contributed by atoms with Gasteiger partial charge in [0.1, 0.15) is 5.82 Å². The highest BCUT2D eigenvalue weighted by Gasteiger charge is 2.10. The van der Waals surface area contributed by atoms with E-state index in [2.05, 4.69) is 15.6 Å². The Morgan fingerprint density at radius 1 is 1.32 bits per heavy atom. The molecule has 0 saturated carbocycles. The Labute approximate surface area is 132 Å². The van der Waals surface area contributed by atoms with Gasteiger partial charge in [-0.15, -0.1) is 0 Å². The zero-order chi connectivity index (χ0) is 16.1. The number of ether oxygens (including phenoxy) is 1. The first-order valence-corrected chi connectivity index (χ1v) is 6.89. The highest BCUT2D eigenvalue weighted by Crippen LogP contribution is 2.30. The number of benzene rings is 1. The van der Waals surface area contributed by atoms with Crippen molar-refractivity contribution in [2.45, 2.75) is 6.92 Å². The Kier molecular flexibility index (Phi) is 4.90. The largest absolute Gasteiger partial charge is 0.450 e. The van der Waals surface area contributed by atoms with Crippen LogP contribution in [-0.4, -0.2) is 17.7 Å². The Hall–Kier alpha value is -2.67. The fraction of sp³-hybridized carbons (Fsp3) is 0.143. The minimum absolute atomic E-state index is 0.103. The van der Waals surface area contributed by atoms with Crippen LogP contribution in [0.15, 0.2) is 30.3 Å². The number of anilines is 5. The van der Waals surface area contributed by atoms with Crippen LogP contribution in [0.2, 0.25) is 5.02 Å². The van der Waals surface area contributed by atoms with Gasteiger partial charge in [-0.1, -0.05) is 11.6 Å². The molecule has 6 N–H and O–H groups in total. The van der Waals surface area contributed by atoms with Gasteiger partial charge < -0.3 is 21.5 Å². The van der Waals surface area contributed by atoms with Gasteiger partial charge in [0.05, 0.1) is 18.0 Å². The zero-order valence-corrected chi connectivity index (χ0v) is 12.6. The van der Waals surface area contributed by atoms with Crippen molar-refractivity contribution < 1.29 is 9.53 Å². The number of nitrogen functional groups attached to an aromatic ring is 2. The van der Waals surface area contributed by atoms with Crippen LogP contribution in [0.5, 0.6) is 0 Å². The molecule has 0 radical (unpaired) electrons. The molecule has 2 aromatic rings. The van der Waals surface area contributed by atoms with Gasteiger partial charge in [-0.2, -0.15) is 0 Å². The number of pyridine rings is 1. The van der Waals surface area contributed by atoms with E-state index in [4.69, 9.17) is 27.8 Å². The lowest BCUT2D eigenvalue weighted by Gasteiger charge is -2.13. The van der Waals surface area contributed by atoms with Crippen molar-refractivity contribution in [3.05, 3.63) is 35.4 Å². The van der Waals surface area contributed by atoms with Crippen molar-refractivity contribution in [3.63, 3.8) is 0 Å². The lowest BCUT2D eigenvalue weighted by molar-refractivity contribution is 0.168. The summed E-state index contributed by atoms with van der Waals surface area (Å²) in [5.74, 6) is 0.340. The van der Waals surface area contributed by atoms with Crippen LogP contribution < -0.4 is 22.1 Å². The number of carbonyl (C=O) groups is 1. The maximum atomic E-state index is 11.4. The summed E-state index contributed by atoms with van der Waals surface area (Å²) in [6.45, 7) is 1.96. The van der Waals surface area contributed by atoms with E-state index in [9.17, 15) is 4.79 Å². The molecule has 0 atom stereocenters. The minimum atomic E-state index is -0.614. The molecule has 22 heavy (non-hydrogen) atoms. The quantitative estimate of drug-likeness (QED) is 0.687. The summed E-state index contributed by atoms with van der Waals surface area (Å²) in [5, 5.41) is 6.19. The lowest BCUT2D eigenvalue weighted by Crippen LogP contribution is -2.15. The third kappa shape index (κ3) is 3.92. The molecule has 7 nitrogen and oxygen atoms in total. The van der Waals surface area contributed by atoms with E-state index < -0.39 is 6.09 Å². The number of hydrogen-bond donors (Lipinski definition) is 4. The molecule has 0 aliphatic carbocycles. The Morgan fingerprint density at radius 2 is 2.00 bits per heavy atom. The molecular formula is C14H16ClN5O2. The number of hydrogen-bond acceptors (Lipinski definition) is 6. The first-order chi connectivity index (χ1) is 10.5. The van der Waals surface area contributed by atoms with Crippen LogP contribution in [0.3, 0.4) is 0 Å². The number of aromatic nitrogens is 1. The molecule has 1 amide bonds. The Bertz CT molecular complexity index is 676. The Balaban J connectivity index is 2.24. The molecule has 0 fully saturated rings. The smallest absolute Gasteiger partial charge is 0.412 e. The third-order valence-corrected chi connectivity index (χ3v) is 2.97. The van der Waals surface area contributed by atoms with Gasteiger partial charge in [-0.05, 0) is 31.2 Å². The van der Waals surface area contributed by atoms with E-state index in [0.29, 0.717) is 10.7 Å². The average Bonchev–Trinajstić information content (AvgIpc) is 2.47. The number of carbonyl (C=O) groups excluding carboxylic acids is 1. The average molecular weight is 322 g/mol. The lowest BCUT2D eigenvalue weighted by atomic mass is 10.2. The van der Waals surface area contributed by atoms with Gasteiger partial charge in [0.15, 0.2) is 5.82 Å². The number of halogens is 1. The van der Waals surface area contributed by atoms with Crippen molar-refractivity contribution in [2.24, 2.45) is 0 Å². The molecule has 0 bridgehead atoms. The molecule has 1 heterocycles. The minimum Gasteiger partial charge on any atom is -0.450 e. The van der Waals surface area contributed by atoms with Gasteiger partial charge in [0, 0.05) is 16.8 Å². The fourth-order valence-electron chi connectivity index (χ4n) is 1.70. The monoisotopic (exact) mass is 321 g/mol.